The van der Waals surface area contributed by atoms with Gasteiger partial charge in [-0.15, -0.1) is 0 Å². The summed E-state index contributed by atoms with van der Waals surface area (Å²) in [5.41, 5.74) is 0. The van der Waals surface area contributed by atoms with Gasteiger partial charge in [-0.1, -0.05) is 293 Å². The Labute approximate surface area is 482 Å². The van der Waals surface area contributed by atoms with E-state index in [9.17, 15) is 19.5 Å². The molecule has 78 heavy (non-hydrogen) atoms. The monoisotopic (exact) mass is 1100 g/mol. The van der Waals surface area contributed by atoms with Gasteiger partial charge in [0.25, 0.3) is 0 Å². The number of ether oxygens (including phenoxy) is 4. The highest BCUT2D eigenvalue weighted by molar-refractivity contribution is 5.70. The Hall–Kier alpha value is -3.01. The standard InChI is InChI=1S/C69H125NO8/c1-6-8-10-12-14-16-18-20-22-24-26-28-29-30-31-32-33-34-35-36-37-38-40-41-43-45-47-49-51-53-55-57-59-66(71)76-63-65(64-77-69(68(73)74)75-62-61-70(3,4)5)78-67(72)60-58-56-54-52-50-48-46-44-42-39-27-25-23-21-19-17-15-13-11-9-7-2/h9,11,15,17,21,23,27,39,44,46,65,69H,6-8,10,12-14,16,18-20,22,24-26,28-38,40-43,45,47-64H2,1-5H3/b11-9-,17-15-,23-21-,39-27-,46-44-. The number of carbonyl (C=O) groups excluding carboxylic acids is 3. The van der Waals surface area contributed by atoms with Crippen molar-refractivity contribution in [2.24, 2.45) is 0 Å². The van der Waals surface area contributed by atoms with E-state index < -0.39 is 24.3 Å². The summed E-state index contributed by atoms with van der Waals surface area (Å²) in [4.78, 5) is 37.4. The molecule has 0 radical (unpaired) electrons. The van der Waals surface area contributed by atoms with Crippen LogP contribution in [0.15, 0.2) is 60.8 Å². The predicted molar refractivity (Wildman–Crippen MR) is 329 cm³/mol. The number of hydrogen-bond acceptors (Lipinski definition) is 8. The fourth-order valence-electron chi connectivity index (χ4n) is 9.51. The van der Waals surface area contributed by atoms with E-state index in [2.05, 4.69) is 74.6 Å². The molecule has 0 spiro atoms. The number of rotatable bonds is 61. The largest absolute Gasteiger partial charge is 0.545 e. The zero-order chi connectivity index (χ0) is 56.9. The van der Waals surface area contributed by atoms with E-state index in [0.29, 0.717) is 17.4 Å². The minimum absolute atomic E-state index is 0.142. The molecule has 2 unspecified atom stereocenters. The lowest BCUT2D eigenvalue weighted by Crippen LogP contribution is -2.44. The van der Waals surface area contributed by atoms with Crippen LogP contribution in [0.4, 0.5) is 0 Å². The van der Waals surface area contributed by atoms with Gasteiger partial charge in [-0.05, 0) is 57.8 Å². The highest BCUT2D eigenvalue weighted by Gasteiger charge is 2.22. The Morgan fingerprint density at radius 3 is 1.09 bits per heavy atom. The van der Waals surface area contributed by atoms with Crippen LogP contribution in [0.5, 0.6) is 0 Å². The molecule has 454 valence electrons. The zero-order valence-electron chi connectivity index (χ0n) is 51.8. The second-order valence-electron chi connectivity index (χ2n) is 23.4. The van der Waals surface area contributed by atoms with Crippen LogP contribution in [0.2, 0.25) is 0 Å². The second kappa shape index (κ2) is 60.1. The Balaban J connectivity index is 4.10. The van der Waals surface area contributed by atoms with Crippen LogP contribution in [0, 0.1) is 0 Å². The average molecular weight is 1100 g/mol. The van der Waals surface area contributed by atoms with Crippen molar-refractivity contribution in [2.75, 3.05) is 47.5 Å². The van der Waals surface area contributed by atoms with Gasteiger partial charge in [-0.2, -0.15) is 0 Å². The van der Waals surface area contributed by atoms with Crippen LogP contribution in [0.3, 0.4) is 0 Å². The maximum Gasteiger partial charge on any atom is 0.306 e. The third-order valence-corrected chi connectivity index (χ3v) is 14.5. The van der Waals surface area contributed by atoms with Crippen molar-refractivity contribution < 1.29 is 42.9 Å². The maximum absolute atomic E-state index is 12.9. The summed E-state index contributed by atoms with van der Waals surface area (Å²) in [5.74, 6) is -2.30. The van der Waals surface area contributed by atoms with Crippen LogP contribution < -0.4 is 5.11 Å². The van der Waals surface area contributed by atoms with Gasteiger partial charge < -0.3 is 33.3 Å². The van der Waals surface area contributed by atoms with E-state index in [1.54, 1.807) is 0 Å². The van der Waals surface area contributed by atoms with E-state index in [4.69, 9.17) is 18.9 Å². The molecule has 0 saturated carbocycles. The number of likely N-dealkylation sites (N-methyl/N-ethyl adjacent to an activating group) is 1. The average Bonchev–Trinajstić information content (AvgIpc) is 3.41. The number of aliphatic carboxylic acids is 1. The minimum atomic E-state index is -1.63. The van der Waals surface area contributed by atoms with Gasteiger partial charge in [0, 0.05) is 12.8 Å². The first kappa shape index (κ1) is 75.0. The summed E-state index contributed by atoms with van der Waals surface area (Å²) in [7, 11) is 5.92. The molecule has 0 aromatic carbocycles. The maximum atomic E-state index is 12.9. The first-order valence-electron chi connectivity index (χ1n) is 32.9. The molecule has 0 aliphatic heterocycles. The molecule has 9 heteroatoms. The van der Waals surface area contributed by atoms with Crippen molar-refractivity contribution in [3.05, 3.63) is 60.8 Å². The van der Waals surface area contributed by atoms with Crippen molar-refractivity contribution in [1.29, 1.82) is 0 Å². The first-order chi connectivity index (χ1) is 38.1. The molecule has 0 aliphatic carbocycles. The summed E-state index contributed by atoms with van der Waals surface area (Å²) in [6, 6.07) is 0. The molecule has 9 nitrogen and oxygen atoms in total. The SMILES string of the molecule is CC/C=C\C/C=C\C/C=C\C/C=C\C/C=C\CCCCCCCC(=O)OC(COC(=O)CCCCCCCCCCCCCCCCCCCCCCCCCCCCCCCCCC)COC(OCC[N+](C)(C)C)C(=O)[O-]. The lowest BCUT2D eigenvalue weighted by molar-refractivity contribution is -0.870. The molecule has 0 aromatic heterocycles. The van der Waals surface area contributed by atoms with Gasteiger partial charge in [-0.3, -0.25) is 9.59 Å². The fraction of sp³-hybridized carbons (Fsp3) is 0.812. The number of allylic oxidation sites excluding steroid dienone is 10. The van der Waals surface area contributed by atoms with Crippen LogP contribution >= 0.6 is 0 Å². The number of carboxylic acid groups (broad SMARTS) is 1. The fourth-order valence-corrected chi connectivity index (χ4v) is 9.51. The Bertz CT molecular complexity index is 1460. The Kier molecular flexibility index (Phi) is 57.8. The van der Waals surface area contributed by atoms with Gasteiger partial charge in [0.1, 0.15) is 13.2 Å². The molecule has 0 saturated heterocycles. The van der Waals surface area contributed by atoms with Gasteiger partial charge in [-0.25, -0.2) is 0 Å². The summed E-state index contributed by atoms with van der Waals surface area (Å²) in [5, 5.41) is 11.8. The zero-order valence-corrected chi connectivity index (χ0v) is 51.8. The number of hydrogen-bond donors (Lipinski definition) is 0. The molecular formula is C69H125NO8. The van der Waals surface area contributed by atoms with E-state index in [1.807, 2.05) is 21.1 Å². The van der Waals surface area contributed by atoms with Gasteiger partial charge in [0.2, 0.25) is 0 Å². The third-order valence-electron chi connectivity index (χ3n) is 14.5. The number of nitrogens with zero attached hydrogens (tertiary/aromatic N) is 1. The number of esters is 2. The number of carbonyl (C=O) groups is 3. The Morgan fingerprint density at radius 1 is 0.397 bits per heavy atom. The minimum Gasteiger partial charge on any atom is -0.545 e. The molecule has 0 amide bonds. The van der Waals surface area contributed by atoms with Crippen molar-refractivity contribution in [3.8, 4) is 0 Å². The Morgan fingerprint density at radius 2 is 0.731 bits per heavy atom. The first-order valence-corrected chi connectivity index (χ1v) is 32.9. The van der Waals surface area contributed by atoms with E-state index in [0.717, 1.165) is 83.5 Å². The third kappa shape index (κ3) is 60.6. The van der Waals surface area contributed by atoms with Gasteiger partial charge in [0.05, 0.1) is 40.3 Å². The number of unbranched alkanes of at least 4 members (excludes halogenated alkanes) is 36. The lowest BCUT2D eigenvalue weighted by Gasteiger charge is -2.26. The summed E-state index contributed by atoms with van der Waals surface area (Å²) < 4.78 is 22.7. The normalized spacial score (nSPS) is 13.1. The van der Waals surface area contributed by atoms with E-state index in [-0.39, 0.29) is 38.6 Å². The van der Waals surface area contributed by atoms with Crippen molar-refractivity contribution in [1.82, 2.24) is 0 Å². The molecule has 2 atom stereocenters. The van der Waals surface area contributed by atoms with E-state index in [1.165, 1.54) is 186 Å². The van der Waals surface area contributed by atoms with Crippen molar-refractivity contribution in [2.45, 2.75) is 315 Å². The quantitative estimate of drug-likeness (QED) is 0.0195. The second-order valence-corrected chi connectivity index (χ2v) is 23.4. The number of carboxylic acids is 1. The van der Waals surface area contributed by atoms with Crippen LogP contribution in [-0.2, 0) is 33.3 Å². The van der Waals surface area contributed by atoms with Crippen molar-refractivity contribution in [3.63, 3.8) is 0 Å². The smallest absolute Gasteiger partial charge is 0.306 e. The molecule has 0 rings (SSSR count). The van der Waals surface area contributed by atoms with Crippen LogP contribution in [0.1, 0.15) is 303 Å². The number of quaternary nitrogens is 1. The molecule has 0 N–H and O–H groups in total. The molecule has 0 aliphatic rings. The van der Waals surface area contributed by atoms with E-state index >= 15 is 0 Å². The molecule has 0 fully saturated rings. The highest BCUT2D eigenvalue weighted by Crippen LogP contribution is 2.18. The van der Waals surface area contributed by atoms with Crippen molar-refractivity contribution >= 4 is 17.9 Å². The summed E-state index contributed by atoms with van der Waals surface area (Å²) in [6.45, 7) is 4.65. The van der Waals surface area contributed by atoms with Gasteiger partial charge >= 0.3 is 11.9 Å². The molecule has 0 bridgehead atoms. The topological polar surface area (TPSA) is 111 Å². The van der Waals surface area contributed by atoms with Crippen LogP contribution in [-0.4, -0.2) is 82.3 Å². The lowest BCUT2D eigenvalue weighted by atomic mass is 10.0. The summed E-state index contributed by atoms with van der Waals surface area (Å²) in [6.07, 6.45) is 74.5. The van der Waals surface area contributed by atoms with Gasteiger partial charge in [0.15, 0.2) is 12.4 Å². The van der Waals surface area contributed by atoms with Crippen LogP contribution in [0.25, 0.3) is 0 Å². The summed E-state index contributed by atoms with van der Waals surface area (Å²) >= 11 is 0. The molecular weight excluding hydrogens is 971 g/mol. The highest BCUT2D eigenvalue weighted by atomic mass is 16.7. The molecule has 0 aromatic rings. The predicted octanol–water partition coefficient (Wildman–Crippen LogP) is 18.6. The molecule has 0 heterocycles.